The van der Waals surface area contributed by atoms with Gasteiger partial charge in [0.25, 0.3) is 0 Å². The van der Waals surface area contributed by atoms with Crippen LogP contribution < -0.4 is 5.32 Å². The highest BCUT2D eigenvalue weighted by Crippen LogP contribution is 2.20. The summed E-state index contributed by atoms with van der Waals surface area (Å²) in [5.41, 5.74) is 1.18. The Balaban J connectivity index is 2.00. The first-order valence-corrected chi connectivity index (χ1v) is 7.17. The van der Waals surface area contributed by atoms with Crippen LogP contribution in [0.1, 0.15) is 25.8 Å². The van der Waals surface area contributed by atoms with Gasteiger partial charge >= 0.3 is 0 Å². The number of anilines is 1. The predicted molar refractivity (Wildman–Crippen MR) is 80.8 cm³/mol. The summed E-state index contributed by atoms with van der Waals surface area (Å²) in [6.45, 7) is 4.67. The molecule has 0 aliphatic carbocycles. The average Bonchev–Trinajstić information content (AvgIpc) is 2.92. The molecule has 0 radical (unpaired) electrons. The van der Waals surface area contributed by atoms with Crippen LogP contribution in [0, 0.1) is 11.3 Å². The number of hydrogen-bond donors (Lipinski definition) is 1. The van der Waals surface area contributed by atoms with Crippen LogP contribution in [0.5, 0.6) is 0 Å². The highest BCUT2D eigenvalue weighted by Gasteiger charge is 2.32. The lowest BCUT2D eigenvalue weighted by Crippen LogP contribution is -2.47. The lowest BCUT2D eigenvalue weighted by Gasteiger charge is -2.31. The molecule has 21 heavy (non-hydrogen) atoms. The van der Waals surface area contributed by atoms with Gasteiger partial charge in [0.1, 0.15) is 0 Å². The van der Waals surface area contributed by atoms with Crippen molar-refractivity contribution in [3.63, 3.8) is 0 Å². The fourth-order valence-corrected chi connectivity index (χ4v) is 2.64. The molecule has 3 unspecified atom stereocenters. The number of nitriles is 1. The van der Waals surface area contributed by atoms with Gasteiger partial charge in [0, 0.05) is 18.3 Å². The molecule has 2 rings (SSSR count). The maximum Gasteiger partial charge on any atom is 0.241 e. The third kappa shape index (κ3) is 3.60. The Morgan fingerprint density at radius 3 is 2.95 bits per heavy atom. The van der Waals surface area contributed by atoms with Gasteiger partial charge in [0.2, 0.25) is 5.91 Å². The molecule has 1 saturated heterocycles. The fourth-order valence-electron chi connectivity index (χ4n) is 2.64. The summed E-state index contributed by atoms with van der Waals surface area (Å²) in [5.74, 6) is -0.0771. The van der Waals surface area contributed by atoms with Crippen molar-refractivity contribution in [1.29, 1.82) is 5.26 Å². The molecule has 1 N–H and O–H groups in total. The normalized spacial score (nSPS) is 22.8. The lowest BCUT2D eigenvalue weighted by atomic mass is 10.1. The van der Waals surface area contributed by atoms with Gasteiger partial charge in [-0.05, 0) is 45.5 Å². The molecular formula is C16H21N3O2. The van der Waals surface area contributed by atoms with E-state index in [2.05, 4.69) is 16.3 Å². The zero-order chi connectivity index (χ0) is 15.4. The molecule has 1 aliphatic heterocycles. The molecule has 112 valence electrons. The van der Waals surface area contributed by atoms with Crippen LogP contribution in [0.4, 0.5) is 5.69 Å². The first kappa shape index (κ1) is 15.5. The number of nitrogens with one attached hydrogen (secondary N) is 1. The van der Waals surface area contributed by atoms with Crippen molar-refractivity contribution in [3.05, 3.63) is 29.8 Å². The van der Waals surface area contributed by atoms with E-state index in [4.69, 9.17) is 10.00 Å². The summed E-state index contributed by atoms with van der Waals surface area (Å²) >= 11 is 0. The van der Waals surface area contributed by atoms with Crippen molar-refractivity contribution in [2.45, 2.75) is 38.5 Å². The number of amides is 1. The van der Waals surface area contributed by atoms with Gasteiger partial charge in [0.05, 0.1) is 23.8 Å². The number of carbonyl (C=O) groups is 1. The molecule has 0 aromatic heterocycles. The van der Waals surface area contributed by atoms with Gasteiger partial charge in [0.15, 0.2) is 0 Å². The molecule has 1 aliphatic rings. The molecule has 1 aromatic rings. The van der Waals surface area contributed by atoms with Gasteiger partial charge in [-0.2, -0.15) is 5.26 Å². The van der Waals surface area contributed by atoms with Gasteiger partial charge < -0.3 is 10.1 Å². The van der Waals surface area contributed by atoms with Crippen molar-refractivity contribution < 1.29 is 9.53 Å². The molecule has 0 bridgehead atoms. The van der Waals surface area contributed by atoms with Gasteiger partial charge in [-0.25, -0.2) is 0 Å². The molecule has 5 heteroatoms. The number of nitrogens with zero attached hydrogens (tertiary/aromatic N) is 2. The number of carbonyl (C=O) groups excluding carboxylic acids is 1. The minimum absolute atomic E-state index is 0.0771. The highest BCUT2D eigenvalue weighted by molar-refractivity contribution is 5.94. The number of likely N-dealkylation sites (N-methyl/N-ethyl adjacent to an activating group) is 1. The van der Waals surface area contributed by atoms with Crippen LogP contribution in [0.2, 0.25) is 0 Å². The fraction of sp³-hybridized carbons (Fsp3) is 0.500. The monoisotopic (exact) mass is 287 g/mol. The van der Waals surface area contributed by atoms with Crippen LogP contribution in [-0.4, -0.2) is 42.6 Å². The first-order valence-electron chi connectivity index (χ1n) is 7.17. The molecule has 1 amide bonds. The molecule has 3 atom stereocenters. The molecule has 0 spiro atoms. The van der Waals surface area contributed by atoms with E-state index in [0.29, 0.717) is 11.3 Å². The topological polar surface area (TPSA) is 65.4 Å². The Morgan fingerprint density at radius 2 is 2.33 bits per heavy atom. The smallest absolute Gasteiger partial charge is 0.241 e. The van der Waals surface area contributed by atoms with E-state index in [1.54, 1.807) is 24.3 Å². The highest BCUT2D eigenvalue weighted by atomic mass is 16.5. The number of rotatable bonds is 4. The summed E-state index contributed by atoms with van der Waals surface area (Å²) in [5, 5.41) is 11.7. The molecule has 5 nitrogen and oxygen atoms in total. The summed E-state index contributed by atoms with van der Waals surface area (Å²) in [6, 6.07) is 8.99. The van der Waals surface area contributed by atoms with Crippen molar-refractivity contribution >= 4 is 11.6 Å². The van der Waals surface area contributed by atoms with Crippen molar-refractivity contribution in [2.24, 2.45) is 0 Å². The summed E-state index contributed by atoms with van der Waals surface area (Å²) < 4.78 is 5.56. The predicted octanol–water partition coefficient (Wildman–Crippen LogP) is 1.99. The number of ether oxygens (including phenoxy) is 1. The summed E-state index contributed by atoms with van der Waals surface area (Å²) in [7, 11) is 1.95. The SMILES string of the molecule is CC1OCCC1N(C)C(C)C(=O)Nc1cccc(C#N)c1. The van der Waals surface area contributed by atoms with Crippen LogP contribution >= 0.6 is 0 Å². The van der Waals surface area contributed by atoms with E-state index < -0.39 is 0 Å². The minimum atomic E-state index is -0.259. The van der Waals surface area contributed by atoms with Gasteiger partial charge in [-0.15, -0.1) is 0 Å². The molecular weight excluding hydrogens is 266 g/mol. The second-order valence-corrected chi connectivity index (χ2v) is 5.46. The second-order valence-electron chi connectivity index (χ2n) is 5.46. The minimum Gasteiger partial charge on any atom is -0.377 e. The van der Waals surface area contributed by atoms with Crippen molar-refractivity contribution in [3.8, 4) is 6.07 Å². The average molecular weight is 287 g/mol. The van der Waals surface area contributed by atoms with Crippen LogP contribution in [-0.2, 0) is 9.53 Å². The third-order valence-corrected chi connectivity index (χ3v) is 4.11. The van der Waals surface area contributed by atoms with Crippen molar-refractivity contribution in [1.82, 2.24) is 4.90 Å². The van der Waals surface area contributed by atoms with E-state index in [0.717, 1.165) is 13.0 Å². The molecule has 1 fully saturated rings. The van der Waals surface area contributed by atoms with Crippen LogP contribution in [0.25, 0.3) is 0 Å². The van der Waals surface area contributed by atoms with Crippen LogP contribution in [0.3, 0.4) is 0 Å². The zero-order valence-electron chi connectivity index (χ0n) is 12.7. The standard InChI is InChI=1S/C16H21N3O2/c1-11(19(3)15-7-8-21-12(15)2)16(20)18-14-6-4-5-13(9-14)10-17/h4-6,9,11-12,15H,7-8H2,1-3H3,(H,18,20). The van der Waals surface area contributed by atoms with Gasteiger partial charge in [-0.3, -0.25) is 9.69 Å². The second kappa shape index (κ2) is 6.70. The number of hydrogen-bond acceptors (Lipinski definition) is 4. The van der Waals surface area contributed by atoms with Gasteiger partial charge in [-0.1, -0.05) is 6.07 Å². The Labute approximate surface area is 125 Å². The Morgan fingerprint density at radius 1 is 1.57 bits per heavy atom. The third-order valence-electron chi connectivity index (χ3n) is 4.11. The first-order chi connectivity index (χ1) is 10.0. The van der Waals surface area contributed by atoms with E-state index in [-0.39, 0.29) is 24.1 Å². The van der Waals surface area contributed by atoms with E-state index in [1.807, 2.05) is 20.9 Å². The number of benzene rings is 1. The van der Waals surface area contributed by atoms with E-state index >= 15 is 0 Å². The quantitative estimate of drug-likeness (QED) is 0.920. The maximum absolute atomic E-state index is 12.3. The summed E-state index contributed by atoms with van der Waals surface area (Å²) in [4.78, 5) is 14.4. The summed E-state index contributed by atoms with van der Waals surface area (Å²) in [6.07, 6.45) is 1.09. The van der Waals surface area contributed by atoms with Crippen molar-refractivity contribution in [2.75, 3.05) is 19.0 Å². The van der Waals surface area contributed by atoms with E-state index in [1.165, 1.54) is 0 Å². The zero-order valence-corrected chi connectivity index (χ0v) is 12.7. The maximum atomic E-state index is 12.3. The Bertz CT molecular complexity index is 553. The Kier molecular flexibility index (Phi) is 4.94. The largest absolute Gasteiger partial charge is 0.377 e. The molecule has 1 aromatic carbocycles. The Hall–Kier alpha value is -1.90. The molecule has 1 heterocycles. The van der Waals surface area contributed by atoms with Crippen LogP contribution in [0.15, 0.2) is 24.3 Å². The van der Waals surface area contributed by atoms with E-state index in [9.17, 15) is 4.79 Å². The lowest BCUT2D eigenvalue weighted by molar-refractivity contribution is -0.121. The molecule has 0 saturated carbocycles.